The van der Waals surface area contributed by atoms with Crippen LogP contribution >= 0.6 is 15.9 Å². The second kappa shape index (κ2) is 4.66. The Labute approximate surface area is 87.8 Å². The molecule has 1 amide bonds. The average molecular weight is 244 g/mol. The predicted octanol–water partition coefficient (Wildman–Crippen LogP) is 1.78. The zero-order chi connectivity index (χ0) is 9.84. The number of hydrogen-bond acceptors (Lipinski definition) is 1. The molecule has 0 aromatic rings. The molecule has 72 valence electrons. The highest BCUT2D eigenvalue weighted by Gasteiger charge is 2.32. The fourth-order valence-electron chi connectivity index (χ4n) is 1.58. The number of nitrogens with zero attached hydrogens (tertiary/aromatic N) is 1. The third-order valence-corrected chi connectivity index (χ3v) is 3.15. The molecular formula is C10H14BrNO. The van der Waals surface area contributed by atoms with Crippen LogP contribution in [-0.4, -0.2) is 28.2 Å². The predicted molar refractivity (Wildman–Crippen MR) is 56.6 cm³/mol. The van der Waals surface area contributed by atoms with Crippen LogP contribution in [0.1, 0.15) is 26.2 Å². The molecule has 0 aromatic heterocycles. The largest absolute Gasteiger partial charge is 0.328 e. The van der Waals surface area contributed by atoms with Crippen LogP contribution in [0, 0.1) is 12.3 Å². The first-order valence-electron chi connectivity index (χ1n) is 4.61. The van der Waals surface area contributed by atoms with Gasteiger partial charge in [-0.15, -0.1) is 6.42 Å². The van der Waals surface area contributed by atoms with Gasteiger partial charge in [0.05, 0.1) is 10.9 Å². The lowest BCUT2D eigenvalue weighted by molar-refractivity contribution is -0.128. The van der Waals surface area contributed by atoms with Crippen molar-refractivity contribution >= 4 is 21.8 Å². The summed E-state index contributed by atoms with van der Waals surface area (Å²) < 4.78 is 0. The van der Waals surface area contributed by atoms with Gasteiger partial charge in [-0.3, -0.25) is 4.79 Å². The Morgan fingerprint density at radius 3 is 2.92 bits per heavy atom. The minimum absolute atomic E-state index is 0.0000463. The highest BCUT2D eigenvalue weighted by atomic mass is 79.9. The Morgan fingerprint density at radius 1 is 1.85 bits per heavy atom. The molecule has 0 aromatic carbocycles. The zero-order valence-electron chi connectivity index (χ0n) is 7.79. The van der Waals surface area contributed by atoms with E-state index in [-0.39, 0.29) is 16.8 Å². The zero-order valence-corrected chi connectivity index (χ0v) is 9.38. The topological polar surface area (TPSA) is 20.3 Å². The standard InChI is InChI=1S/C10H14BrNO/c1-3-5-8(4-2)12-7-6-9(11)10(12)13/h2,8-9H,3,5-7H2,1H3. The second-order valence-electron chi connectivity index (χ2n) is 3.26. The summed E-state index contributed by atoms with van der Waals surface area (Å²) in [7, 11) is 0. The normalized spacial score (nSPS) is 24.5. The van der Waals surface area contributed by atoms with Crippen molar-refractivity contribution in [3.8, 4) is 12.3 Å². The molecule has 1 aliphatic heterocycles. The highest BCUT2D eigenvalue weighted by molar-refractivity contribution is 9.10. The van der Waals surface area contributed by atoms with Gasteiger partial charge in [0.1, 0.15) is 0 Å². The Kier molecular flexibility index (Phi) is 3.80. The van der Waals surface area contributed by atoms with E-state index in [1.165, 1.54) is 0 Å². The molecule has 0 saturated carbocycles. The van der Waals surface area contributed by atoms with Crippen LogP contribution in [0.25, 0.3) is 0 Å². The van der Waals surface area contributed by atoms with Crippen molar-refractivity contribution in [2.24, 2.45) is 0 Å². The Balaban J connectivity index is 2.61. The number of rotatable bonds is 3. The van der Waals surface area contributed by atoms with E-state index < -0.39 is 0 Å². The van der Waals surface area contributed by atoms with Crippen molar-refractivity contribution < 1.29 is 4.79 Å². The first-order chi connectivity index (χ1) is 6.20. The Bertz CT molecular complexity index is 234. The van der Waals surface area contributed by atoms with Crippen LogP contribution in [-0.2, 0) is 4.79 Å². The van der Waals surface area contributed by atoms with Crippen molar-refractivity contribution in [2.75, 3.05) is 6.54 Å². The average Bonchev–Trinajstić information content (AvgIpc) is 2.45. The van der Waals surface area contributed by atoms with Gasteiger partial charge in [0.2, 0.25) is 5.91 Å². The van der Waals surface area contributed by atoms with Crippen LogP contribution in [0.2, 0.25) is 0 Å². The molecule has 2 atom stereocenters. The molecular weight excluding hydrogens is 230 g/mol. The van der Waals surface area contributed by atoms with Crippen molar-refractivity contribution in [2.45, 2.75) is 37.1 Å². The van der Waals surface area contributed by atoms with Gasteiger partial charge in [-0.05, 0) is 12.8 Å². The van der Waals surface area contributed by atoms with Gasteiger partial charge in [-0.1, -0.05) is 35.2 Å². The summed E-state index contributed by atoms with van der Waals surface area (Å²) in [6.07, 6.45) is 8.19. The molecule has 3 heteroatoms. The molecule has 0 aliphatic carbocycles. The van der Waals surface area contributed by atoms with Gasteiger partial charge in [0.15, 0.2) is 0 Å². The van der Waals surface area contributed by atoms with E-state index in [1.54, 1.807) is 0 Å². The molecule has 1 fully saturated rings. The fraction of sp³-hybridized carbons (Fsp3) is 0.700. The van der Waals surface area contributed by atoms with E-state index in [9.17, 15) is 4.79 Å². The monoisotopic (exact) mass is 243 g/mol. The Morgan fingerprint density at radius 2 is 2.54 bits per heavy atom. The van der Waals surface area contributed by atoms with Gasteiger partial charge in [0, 0.05) is 6.54 Å². The summed E-state index contributed by atoms with van der Waals surface area (Å²) in [6, 6.07) is 0.0000463. The number of hydrogen-bond donors (Lipinski definition) is 0. The smallest absolute Gasteiger partial charge is 0.237 e. The van der Waals surface area contributed by atoms with Crippen molar-refractivity contribution in [1.82, 2.24) is 4.90 Å². The van der Waals surface area contributed by atoms with E-state index in [1.807, 2.05) is 4.90 Å². The van der Waals surface area contributed by atoms with Gasteiger partial charge >= 0.3 is 0 Å². The van der Waals surface area contributed by atoms with Crippen LogP contribution in [0.5, 0.6) is 0 Å². The van der Waals surface area contributed by atoms with Gasteiger partial charge in [0.25, 0.3) is 0 Å². The maximum absolute atomic E-state index is 11.6. The van der Waals surface area contributed by atoms with Crippen molar-refractivity contribution in [3.05, 3.63) is 0 Å². The van der Waals surface area contributed by atoms with Crippen LogP contribution < -0.4 is 0 Å². The SMILES string of the molecule is C#CC(CCC)N1CCC(Br)C1=O. The lowest BCUT2D eigenvalue weighted by Crippen LogP contribution is -2.36. The van der Waals surface area contributed by atoms with Crippen LogP contribution in [0.15, 0.2) is 0 Å². The van der Waals surface area contributed by atoms with E-state index in [2.05, 4.69) is 28.8 Å². The van der Waals surface area contributed by atoms with E-state index >= 15 is 0 Å². The number of likely N-dealkylation sites (tertiary alicyclic amines) is 1. The molecule has 13 heavy (non-hydrogen) atoms. The number of amides is 1. The number of alkyl halides is 1. The summed E-state index contributed by atoms with van der Waals surface area (Å²) in [5, 5.41) is 0. The minimum atomic E-state index is -0.0137. The molecule has 1 saturated heterocycles. The van der Waals surface area contributed by atoms with E-state index in [4.69, 9.17) is 6.42 Å². The van der Waals surface area contributed by atoms with Gasteiger partial charge in [-0.2, -0.15) is 0 Å². The molecule has 1 rings (SSSR count). The third-order valence-electron chi connectivity index (χ3n) is 2.31. The Hall–Kier alpha value is -0.490. The van der Waals surface area contributed by atoms with Crippen LogP contribution in [0.3, 0.4) is 0 Å². The second-order valence-corrected chi connectivity index (χ2v) is 4.36. The van der Waals surface area contributed by atoms with Crippen LogP contribution in [0.4, 0.5) is 0 Å². The molecule has 2 unspecified atom stereocenters. The summed E-state index contributed by atoms with van der Waals surface area (Å²) >= 11 is 3.33. The minimum Gasteiger partial charge on any atom is -0.328 e. The lowest BCUT2D eigenvalue weighted by Gasteiger charge is -2.22. The highest BCUT2D eigenvalue weighted by Crippen LogP contribution is 2.22. The maximum atomic E-state index is 11.6. The molecule has 0 bridgehead atoms. The lowest BCUT2D eigenvalue weighted by atomic mass is 10.1. The molecule has 1 heterocycles. The van der Waals surface area contributed by atoms with E-state index in [0.29, 0.717) is 0 Å². The van der Waals surface area contributed by atoms with Gasteiger partial charge < -0.3 is 4.90 Å². The quantitative estimate of drug-likeness (QED) is 0.547. The maximum Gasteiger partial charge on any atom is 0.237 e. The summed E-state index contributed by atoms with van der Waals surface area (Å²) in [6.45, 7) is 2.88. The number of carbonyl (C=O) groups excluding carboxylic acids is 1. The van der Waals surface area contributed by atoms with E-state index in [0.717, 1.165) is 25.8 Å². The van der Waals surface area contributed by atoms with Crippen molar-refractivity contribution in [1.29, 1.82) is 0 Å². The molecule has 0 spiro atoms. The third kappa shape index (κ3) is 2.25. The van der Waals surface area contributed by atoms with Gasteiger partial charge in [-0.25, -0.2) is 0 Å². The number of carbonyl (C=O) groups is 1. The first kappa shape index (κ1) is 10.6. The summed E-state index contributed by atoms with van der Waals surface area (Å²) in [4.78, 5) is 13.4. The molecule has 0 N–H and O–H groups in total. The molecule has 2 nitrogen and oxygen atoms in total. The number of halogens is 1. The first-order valence-corrected chi connectivity index (χ1v) is 5.53. The summed E-state index contributed by atoms with van der Waals surface area (Å²) in [5.41, 5.74) is 0. The van der Waals surface area contributed by atoms with Crippen molar-refractivity contribution in [3.63, 3.8) is 0 Å². The fourth-order valence-corrected chi connectivity index (χ4v) is 2.05. The number of terminal acetylenes is 1. The molecule has 1 aliphatic rings. The summed E-state index contributed by atoms with van der Waals surface area (Å²) in [5.74, 6) is 2.83. The molecule has 0 radical (unpaired) electrons.